The lowest BCUT2D eigenvalue weighted by atomic mass is 10.1. The molecule has 11 nitrogen and oxygen atoms in total. The highest BCUT2D eigenvalue weighted by molar-refractivity contribution is 6.41. The Morgan fingerprint density at radius 3 is 2.42 bits per heavy atom. The normalized spacial score (nSPS) is 13.0. The van der Waals surface area contributed by atoms with E-state index in [1.807, 2.05) is 25.2 Å². The fourth-order valence-electron chi connectivity index (χ4n) is 4.44. The molecule has 0 aliphatic carbocycles. The smallest absolute Gasteiger partial charge is 0.247 e. The highest BCUT2D eigenvalue weighted by atomic mass is 35.5. The van der Waals surface area contributed by atoms with Crippen LogP contribution in [0, 0.1) is 0 Å². The number of methoxy groups -OCH3 is 2. The van der Waals surface area contributed by atoms with Gasteiger partial charge in [0, 0.05) is 43.0 Å². The first-order chi connectivity index (χ1) is 20.8. The molecule has 1 amide bonds. The van der Waals surface area contributed by atoms with E-state index in [1.54, 1.807) is 30.5 Å². The molecule has 13 heteroatoms. The number of likely N-dealkylation sites (N-methyl/N-ethyl adjacent to an activating group) is 1. The van der Waals surface area contributed by atoms with Crippen molar-refractivity contribution in [1.29, 1.82) is 0 Å². The number of carbonyl (C=O) groups excluding carboxylic acids is 1. The van der Waals surface area contributed by atoms with Crippen LogP contribution in [0.5, 0.6) is 17.2 Å². The largest absolute Gasteiger partial charge is 0.495 e. The average molecular weight is 623 g/mol. The predicted octanol–water partition coefficient (Wildman–Crippen LogP) is 6.17. The Hall–Kier alpha value is -4.58. The number of ether oxygens (including phenoxy) is 3. The SMILES string of the molecule is C=CC(=O)Nc1cc(OC2CN(C)C2)ccc1Nc1cc(-c2cccnc2Nc2c(Cl)c(OC)cc(OC)c2Cl)ncn1. The molecule has 0 saturated carbocycles. The molecule has 222 valence electrons. The second kappa shape index (κ2) is 13.2. The van der Waals surface area contributed by atoms with Crippen LogP contribution in [0.4, 0.5) is 28.7 Å². The van der Waals surface area contributed by atoms with Gasteiger partial charge in [-0.25, -0.2) is 15.0 Å². The number of rotatable bonds is 11. The molecule has 5 rings (SSSR count). The van der Waals surface area contributed by atoms with Gasteiger partial charge in [0.05, 0.1) is 37.0 Å². The summed E-state index contributed by atoms with van der Waals surface area (Å²) in [4.78, 5) is 27.7. The van der Waals surface area contributed by atoms with Crippen molar-refractivity contribution < 1.29 is 19.0 Å². The van der Waals surface area contributed by atoms with Crippen LogP contribution < -0.4 is 30.2 Å². The Kier molecular flexibility index (Phi) is 9.15. The molecule has 0 bridgehead atoms. The molecule has 0 atom stereocenters. The Morgan fingerprint density at radius 1 is 1.00 bits per heavy atom. The summed E-state index contributed by atoms with van der Waals surface area (Å²) in [7, 11) is 5.03. The summed E-state index contributed by atoms with van der Waals surface area (Å²) in [6.45, 7) is 5.23. The Labute approximate surface area is 258 Å². The van der Waals surface area contributed by atoms with Crippen LogP contribution >= 0.6 is 23.2 Å². The van der Waals surface area contributed by atoms with Crippen LogP contribution in [0.15, 0.2) is 67.6 Å². The van der Waals surface area contributed by atoms with Crippen LogP contribution in [0.2, 0.25) is 10.0 Å². The monoisotopic (exact) mass is 621 g/mol. The molecule has 3 heterocycles. The summed E-state index contributed by atoms with van der Waals surface area (Å²) >= 11 is 13.2. The van der Waals surface area contributed by atoms with Gasteiger partial charge in [0.15, 0.2) is 0 Å². The summed E-state index contributed by atoms with van der Waals surface area (Å²) in [5, 5.41) is 9.83. The first-order valence-electron chi connectivity index (χ1n) is 13.1. The maximum absolute atomic E-state index is 12.2. The van der Waals surface area contributed by atoms with E-state index in [2.05, 4.69) is 42.4 Å². The van der Waals surface area contributed by atoms with Gasteiger partial charge in [-0.2, -0.15) is 0 Å². The number of hydrogen-bond acceptors (Lipinski definition) is 10. The summed E-state index contributed by atoms with van der Waals surface area (Å²) < 4.78 is 16.8. The van der Waals surface area contributed by atoms with Crippen molar-refractivity contribution >= 4 is 57.8 Å². The minimum absolute atomic E-state index is 0.0984. The molecule has 2 aromatic heterocycles. The number of aromatic nitrogens is 3. The van der Waals surface area contributed by atoms with E-state index >= 15 is 0 Å². The molecule has 1 fully saturated rings. The molecule has 1 aliphatic heterocycles. The maximum atomic E-state index is 12.2. The minimum atomic E-state index is -0.357. The lowest BCUT2D eigenvalue weighted by Crippen LogP contribution is -2.51. The molecule has 2 aromatic carbocycles. The Morgan fingerprint density at radius 2 is 1.74 bits per heavy atom. The van der Waals surface area contributed by atoms with Gasteiger partial charge in [-0.05, 0) is 37.4 Å². The van der Waals surface area contributed by atoms with Gasteiger partial charge < -0.3 is 30.2 Å². The van der Waals surface area contributed by atoms with Crippen LogP contribution in [-0.2, 0) is 4.79 Å². The van der Waals surface area contributed by atoms with E-state index in [4.69, 9.17) is 37.4 Å². The zero-order valence-corrected chi connectivity index (χ0v) is 25.2. The summed E-state index contributed by atoms with van der Waals surface area (Å²) in [5.41, 5.74) is 2.68. The third-order valence-corrected chi connectivity index (χ3v) is 7.35. The molecule has 0 radical (unpaired) electrons. The van der Waals surface area contributed by atoms with Crippen molar-refractivity contribution in [2.24, 2.45) is 0 Å². The topological polar surface area (TPSA) is 123 Å². The molecule has 43 heavy (non-hydrogen) atoms. The molecule has 1 saturated heterocycles. The van der Waals surface area contributed by atoms with Crippen molar-refractivity contribution in [3.05, 3.63) is 77.7 Å². The van der Waals surface area contributed by atoms with Crippen molar-refractivity contribution in [2.45, 2.75) is 6.10 Å². The highest BCUT2D eigenvalue weighted by Crippen LogP contribution is 2.46. The van der Waals surface area contributed by atoms with Gasteiger partial charge >= 0.3 is 0 Å². The van der Waals surface area contributed by atoms with E-state index < -0.39 is 0 Å². The number of carbonyl (C=O) groups is 1. The standard InChI is InChI=1S/C30H29Cl2N7O4/c1-5-26(40)37-22-11-17(43-18-14-39(2)15-18)8-9-20(22)36-25-12-21(34-16-35-25)19-7-6-10-33-30(19)38-29-27(31)23(41-3)13-24(42-4)28(29)32/h5-13,16,18H,1,14-15H2,2-4H3,(H,33,38)(H,37,40)(H,34,35,36). The van der Waals surface area contributed by atoms with E-state index in [0.717, 1.165) is 13.1 Å². The maximum Gasteiger partial charge on any atom is 0.247 e. The van der Waals surface area contributed by atoms with E-state index in [1.165, 1.54) is 26.6 Å². The number of nitrogens with zero attached hydrogens (tertiary/aromatic N) is 4. The van der Waals surface area contributed by atoms with Gasteiger partial charge in [-0.15, -0.1) is 0 Å². The zero-order valence-electron chi connectivity index (χ0n) is 23.6. The van der Waals surface area contributed by atoms with E-state index in [0.29, 0.717) is 57.2 Å². The van der Waals surface area contributed by atoms with Gasteiger partial charge in [0.1, 0.15) is 51.4 Å². The van der Waals surface area contributed by atoms with Crippen molar-refractivity contribution in [3.8, 4) is 28.5 Å². The quantitative estimate of drug-likeness (QED) is 0.168. The zero-order chi connectivity index (χ0) is 30.5. The molecule has 0 unspecified atom stereocenters. The van der Waals surface area contributed by atoms with Crippen LogP contribution in [0.3, 0.4) is 0 Å². The summed E-state index contributed by atoms with van der Waals surface area (Å²) in [5.74, 6) is 1.96. The molecule has 3 N–H and O–H groups in total. The number of halogens is 2. The van der Waals surface area contributed by atoms with E-state index in [-0.39, 0.29) is 22.1 Å². The molecular formula is C30H29Cl2N7O4. The van der Waals surface area contributed by atoms with Gasteiger partial charge in [-0.3, -0.25) is 9.69 Å². The minimum Gasteiger partial charge on any atom is -0.495 e. The first-order valence-corrected chi connectivity index (χ1v) is 13.9. The second-order valence-electron chi connectivity index (χ2n) is 9.58. The highest BCUT2D eigenvalue weighted by Gasteiger charge is 2.25. The predicted molar refractivity (Wildman–Crippen MR) is 169 cm³/mol. The number of nitrogens with one attached hydrogen (secondary N) is 3. The molecule has 4 aromatic rings. The van der Waals surface area contributed by atoms with Crippen molar-refractivity contribution in [3.63, 3.8) is 0 Å². The number of likely N-dealkylation sites (tertiary alicyclic amines) is 1. The van der Waals surface area contributed by atoms with Gasteiger partial charge in [0.2, 0.25) is 5.91 Å². The fraction of sp³-hybridized carbons (Fsp3) is 0.200. The Bertz CT molecular complexity index is 1640. The van der Waals surface area contributed by atoms with Gasteiger partial charge in [0.25, 0.3) is 0 Å². The number of hydrogen-bond donors (Lipinski definition) is 3. The third-order valence-electron chi connectivity index (χ3n) is 6.60. The van der Waals surface area contributed by atoms with Crippen molar-refractivity contribution in [2.75, 3.05) is 50.3 Å². The third kappa shape index (κ3) is 6.75. The van der Waals surface area contributed by atoms with Crippen molar-refractivity contribution in [1.82, 2.24) is 19.9 Å². The van der Waals surface area contributed by atoms with E-state index in [9.17, 15) is 4.79 Å². The fourth-order valence-corrected chi connectivity index (χ4v) is 5.03. The molecular weight excluding hydrogens is 593 g/mol. The molecule has 0 spiro atoms. The lowest BCUT2D eigenvalue weighted by Gasteiger charge is -2.36. The van der Waals surface area contributed by atoms with Crippen LogP contribution in [0.1, 0.15) is 0 Å². The van der Waals surface area contributed by atoms with Crippen LogP contribution in [0.25, 0.3) is 11.3 Å². The Balaban J connectivity index is 1.44. The number of amides is 1. The summed E-state index contributed by atoms with van der Waals surface area (Å²) in [6, 6.07) is 12.4. The average Bonchev–Trinajstić information content (AvgIpc) is 3.00. The van der Waals surface area contributed by atoms with Gasteiger partial charge in [-0.1, -0.05) is 29.8 Å². The number of benzene rings is 2. The second-order valence-corrected chi connectivity index (χ2v) is 10.3. The lowest BCUT2D eigenvalue weighted by molar-refractivity contribution is -0.111. The first kappa shape index (κ1) is 29.9. The van der Waals surface area contributed by atoms with Crippen LogP contribution in [-0.4, -0.2) is 66.2 Å². The molecule has 1 aliphatic rings. The number of anilines is 5. The number of pyridine rings is 1. The summed E-state index contributed by atoms with van der Waals surface area (Å²) in [6.07, 6.45) is 4.36.